The lowest BCUT2D eigenvalue weighted by Crippen LogP contribution is -2.14. The summed E-state index contributed by atoms with van der Waals surface area (Å²) in [4.78, 5) is 11.4. The van der Waals surface area contributed by atoms with Gasteiger partial charge >= 0.3 is 0 Å². The number of nitriles is 1. The molecule has 1 atom stereocenters. The molecular formula is C12H14N2O2. The first-order chi connectivity index (χ1) is 7.65. The first-order valence-corrected chi connectivity index (χ1v) is 4.99. The number of amides is 1. The summed E-state index contributed by atoms with van der Waals surface area (Å²) < 4.78 is 5.00. The Morgan fingerprint density at radius 3 is 2.62 bits per heavy atom. The summed E-state index contributed by atoms with van der Waals surface area (Å²) >= 11 is 0. The molecule has 1 aromatic carbocycles. The molecule has 0 heterocycles. The molecule has 0 saturated heterocycles. The predicted octanol–water partition coefficient (Wildman–Crippen LogP) is 2.18. The fourth-order valence-corrected chi connectivity index (χ4v) is 1.21. The smallest absolute Gasteiger partial charge is 0.225 e. The van der Waals surface area contributed by atoms with Crippen LogP contribution in [0.3, 0.4) is 0 Å². The van der Waals surface area contributed by atoms with Gasteiger partial charge in [-0.1, -0.05) is 0 Å². The SMILES string of the molecule is COc1ccc(NC(=O)CC(C)C#N)cc1. The number of ether oxygens (including phenoxy) is 1. The summed E-state index contributed by atoms with van der Waals surface area (Å²) in [7, 11) is 1.59. The zero-order chi connectivity index (χ0) is 12.0. The molecule has 0 aliphatic heterocycles. The Bertz CT molecular complexity index is 392. The highest BCUT2D eigenvalue weighted by atomic mass is 16.5. The number of rotatable bonds is 4. The van der Waals surface area contributed by atoms with Gasteiger partial charge < -0.3 is 10.1 Å². The highest BCUT2D eigenvalue weighted by molar-refractivity contribution is 5.91. The third kappa shape index (κ3) is 3.62. The fraction of sp³-hybridized carbons (Fsp3) is 0.333. The van der Waals surface area contributed by atoms with Crippen LogP contribution in [0.5, 0.6) is 5.75 Å². The van der Waals surface area contributed by atoms with Crippen LogP contribution in [-0.2, 0) is 4.79 Å². The van der Waals surface area contributed by atoms with Gasteiger partial charge in [-0.15, -0.1) is 0 Å². The molecule has 0 radical (unpaired) electrons. The van der Waals surface area contributed by atoms with E-state index in [4.69, 9.17) is 10.00 Å². The van der Waals surface area contributed by atoms with Gasteiger partial charge in [0, 0.05) is 12.1 Å². The van der Waals surface area contributed by atoms with E-state index in [1.165, 1.54) is 0 Å². The number of nitrogens with zero attached hydrogens (tertiary/aromatic N) is 1. The summed E-state index contributed by atoms with van der Waals surface area (Å²) in [5, 5.41) is 11.3. The summed E-state index contributed by atoms with van der Waals surface area (Å²) in [5.41, 5.74) is 0.705. The van der Waals surface area contributed by atoms with Gasteiger partial charge in [0.15, 0.2) is 0 Å². The summed E-state index contributed by atoms with van der Waals surface area (Å²) in [6, 6.07) is 9.07. The molecule has 4 nitrogen and oxygen atoms in total. The molecule has 1 N–H and O–H groups in total. The van der Waals surface area contributed by atoms with E-state index in [0.29, 0.717) is 5.69 Å². The van der Waals surface area contributed by atoms with Gasteiger partial charge in [-0.05, 0) is 31.2 Å². The number of anilines is 1. The molecule has 16 heavy (non-hydrogen) atoms. The molecule has 1 aromatic rings. The molecule has 1 rings (SSSR count). The number of methoxy groups -OCH3 is 1. The number of benzene rings is 1. The first kappa shape index (κ1) is 12.1. The van der Waals surface area contributed by atoms with E-state index >= 15 is 0 Å². The van der Waals surface area contributed by atoms with Crippen molar-refractivity contribution >= 4 is 11.6 Å². The minimum Gasteiger partial charge on any atom is -0.497 e. The van der Waals surface area contributed by atoms with E-state index in [9.17, 15) is 4.79 Å². The quantitative estimate of drug-likeness (QED) is 0.842. The van der Waals surface area contributed by atoms with Crippen LogP contribution in [0, 0.1) is 17.2 Å². The predicted molar refractivity (Wildman–Crippen MR) is 61.0 cm³/mol. The molecule has 4 heteroatoms. The monoisotopic (exact) mass is 218 g/mol. The van der Waals surface area contributed by atoms with E-state index in [1.54, 1.807) is 38.3 Å². The van der Waals surface area contributed by atoms with Crippen molar-refractivity contribution in [2.45, 2.75) is 13.3 Å². The molecule has 0 aromatic heterocycles. The van der Waals surface area contributed by atoms with Crippen LogP contribution >= 0.6 is 0 Å². The Hall–Kier alpha value is -2.02. The van der Waals surface area contributed by atoms with Crippen molar-refractivity contribution in [1.29, 1.82) is 5.26 Å². The summed E-state index contributed by atoms with van der Waals surface area (Å²) in [6.07, 6.45) is 0.211. The molecule has 1 unspecified atom stereocenters. The zero-order valence-electron chi connectivity index (χ0n) is 9.36. The summed E-state index contributed by atoms with van der Waals surface area (Å²) in [5.74, 6) is 0.320. The van der Waals surface area contributed by atoms with Gasteiger partial charge in [0.1, 0.15) is 5.75 Å². The van der Waals surface area contributed by atoms with Crippen LogP contribution in [0.1, 0.15) is 13.3 Å². The van der Waals surface area contributed by atoms with Crippen LogP contribution in [0.4, 0.5) is 5.69 Å². The second kappa shape index (κ2) is 5.76. The van der Waals surface area contributed by atoms with Crippen molar-refractivity contribution in [3.63, 3.8) is 0 Å². The van der Waals surface area contributed by atoms with Crippen molar-refractivity contribution in [2.24, 2.45) is 5.92 Å². The van der Waals surface area contributed by atoms with Crippen LogP contribution < -0.4 is 10.1 Å². The van der Waals surface area contributed by atoms with E-state index < -0.39 is 0 Å². The van der Waals surface area contributed by atoms with Crippen molar-refractivity contribution < 1.29 is 9.53 Å². The van der Waals surface area contributed by atoms with Gasteiger partial charge in [0.25, 0.3) is 0 Å². The normalized spacial score (nSPS) is 11.3. The van der Waals surface area contributed by atoms with Crippen LogP contribution in [0.25, 0.3) is 0 Å². The first-order valence-electron chi connectivity index (χ1n) is 4.99. The Kier molecular flexibility index (Phi) is 4.34. The van der Waals surface area contributed by atoms with E-state index in [0.717, 1.165) is 5.75 Å². The van der Waals surface area contributed by atoms with E-state index in [2.05, 4.69) is 5.32 Å². The van der Waals surface area contributed by atoms with Gasteiger partial charge in [-0.2, -0.15) is 5.26 Å². The molecule has 1 amide bonds. The number of hydrogen-bond acceptors (Lipinski definition) is 3. The average Bonchev–Trinajstić information content (AvgIpc) is 2.29. The lowest BCUT2D eigenvalue weighted by atomic mass is 10.1. The van der Waals surface area contributed by atoms with Crippen molar-refractivity contribution in [3.05, 3.63) is 24.3 Å². The lowest BCUT2D eigenvalue weighted by Gasteiger charge is -2.06. The minimum absolute atomic E-state index is 0.154. The molecule has 0 bridgehead atoms. The number of carbonyl (C=O) groups is 1. The highest BCUT2D eigenvalue weighted by Crippen LogP contribution is 2.15. The largest absolute Gasteiger partial charge is 0.497 e. The number of hydrogen-bond donors (Lipinski definition) is 1. The standard InChI is InChI=1S/C12H14N2O2/c1-9(8-13)7-12(15)14-10-3-5-11(16-2)6-4-10/h3-6,9H,7H2,1-2H3,(H,14,15). The minimum atomic E-state index is -0.266. The molecule has 0 aliphatic rings. The van der Waals surface area contributed by atoms with Gasteiger partial charge in [-0.25, -0.2) is 0 Å². The van der Waals surface area contributed by atoms with Gasteiger partial charge in [0.05, 0.1) is 19.1 Å². The average molecular weight is 218 g/mol. The number of nitrogens with one attached hydrogen (secondary N) is 1. The van der Waals surface area contributed by atoms with Gasteiger partial charge in [-0.3, -0.25) is 4.79 Å². The second-order valence-electron chi connectivity index (χ2n) is 3.51. The Labute approximate surface area is 94.8 Å². The van der Waals surface area contributed by atoms with Crippen LogP contribution in [0.2, 0.25) is 0 Å². The third-order valence-electron chi connectivity index (χ3n) is 2.09. The molecule has 0 spiro atoms. The summed E-state index contributed by atoms with van der Waals surface area (Å²) in [6.45, 7) is 1.72. The Balaban J connectivity index is 2.53. The maximum Gasteiger partial charge on any atom is 0.225 e. The molecule has 0 saturated carbocycles. The van der Waals surface area contributed by atoms with E-state index in [-0.39, 0.29) is 18.2 Å². The highest BCUT2D eigenvalue weighted by Gasteiger charge is 2.07. The van der Waals surface area contributed by atoms with E-state index in [1.807, 2.05) is 6.07 Å². The van der Waals surface area contributed by atoms with Crippen LogP contribution in [-0.4, -0.2) is 13.0 Å². The third-order valence-corrected chi connectivity index (χ3v) is 2.09. The molecule has 0 aliphatic carbocycles. The molecule has 84 valence electrons. The van der Waals surface area contributed by atoms with Crippen molar-refractivity contribution in [3.8, 4) is 11.8 Å². The Morgan fingerprint density at radius 1 is 1.50 bits per heavy atom. The maximum atomic E-state index is 11.4. The maximum absolute atomic E-state index is 11.4. The van der Waals surface area contributed by atoms with Crippen LogP contribution in [0.15, 0.2) is 24.3 Å². The zero-order valence-corrected chi connectivity index (χ0v) is 9.36. The lowest BCUT2D eigenvalue weighted by molar-refractivity contribution is -0.116. The molecule has 0 fully saturated rings. The van der Waals surface area contributed by atoms with Gasteiger partial charge in [0.2, 0.25) is 5.91 Å². The fourth-order valence-electron chi connectivity index (χ4n) is 1.21. The molecular weight excluding hydrogens is 204 g/mol. The van der Waals surface area contributed by atoms with Crippen molar-refractivity contribution in [2.75, 3.05) is 12.4 Å². The Morgan fingerprint density at radius 2 is 2.12 bits per heavy atom. The van der Waals surface area contributed by atoms with Crippen molar-refractivity contribution in [1.82, 2.24) is 0 Å². The number of carbonyl (C=O) groups excluding carboxylic acids is 1. The second-order valence-corrected chi connectivity index (χ2v) is 3.51. The topological polar surface area (TPSA) is 62.1 Å².